The van der Waals surface area contributed by atoms with Crippen molar-refractivity contribution in [2.24, 2.45) is 0 Å². The summed E-state index contributed by atoms with van der Waals surface area (Å²) in [6, 6.07) is 3.55. The lowest BCUT2D eigenvalue weighted by atomic mass is 10.2. The molecule has 2 heterocycles. The van der Waals surface area contributed by atoms with E-state index in [0.717, 1.165) is 0 Å². The summed E-state index contributed by atoms with van der Waals surface area (Å²) in [6.45, 7) is 0. The number of hydrogen-bond donors (Lipinski definition) is 6. The molecule has 0 amide bonds. The summed E-state index contributed by atoms with van der Waals surface area (Å²) in [5.74, 6) is -5.35. The number of aromatic nitrogens is 4. The normalized spacial score (nSPS) is 8.78. The molecular formula is C23H34N6O12. The van der Waals surface area contributed by atoms with Gasteiger partial charge in [0.05, 0.1) is 12.4 Å². The minimum absolute atomic E-state index is 0.0632. The van der Waals surface area contributed by atoms with Gasteiger partial charge >= 0.3 is 35.8 Å². The van der Waals surface area contributed by atoms with E-state index in [9.17, 15) is 39.0 Å². The second-order valence-electron chi connectivity index (χ2n) is 7.21. The van der Waals surface area contributed by atoms with E-state index in [-0.39, 0.29) is 57.8 Å². The lowest BCUT2D eigenvalue weighted by Crippen LogP contribution is -2.25. The van der Waals surface area contributed by atoms with Crippen LogP contribution in [0.3, 0.4) is 0 Å². The van der Waals surface area contributed by atoms with Crippen LogP contribution in [0.15, 0.2) is 36.9 Å². The molecule has 2 aromatic rings. The number of hydrogen-bond acceptors (Lipinski definition) is 12. The largest absolute Gasteiger partial charge is 0.550 e. The van der Waals surface area contributed by atoms with Crippen LogP contribution in [0.25, 0.3) is 0 Å². The van der Waals surface area contributed by atoms with E-state index in [4.69, 9.17) is 31.9 Å². The number of nitrogen functional groups attached to an aromatic ring is 2. The second-order valence-corrected chi connectivity index (χ2v) is 7.21. The molecule has 0 saturated heterocycles. The van der Waals surface area contributed by atoms with Crippen LogP contribution in [0.2, 0.25) is 0 Å². The van der Waals surface area contributed by atoms with Crippen molar-refractivity contribution in [3.05, 3.63) is 36.9 Å². The number of carbonyl (C=O) groups is 6. The van der Waals surface area contributed by atoms with Crippen molar-refractivity contribution >= 4 is 47.7 Å². The zero-order valence-corrected chi connectivity index (χ0v) is 21.9. The molecule has 2 rings (SSSR count). The van der Waals surface area contributed by atoms with Gasteiger partial charge in [-0.1, -0.05) is 9.97 Å². The molecule has 0 saturated carbocycles. The zero-order valence-electron chi connectivity index (χ0n) is 21.9. The van der Waals surface area contributed by atoms with Gasteiger partial charge in [0.25, 0.3) is 0 Å². The van der Waals surface area contributed by atoms with Gasteiger partial charge in [0.1, 0.15) is 12.4 Å². The second kappa shape index (κ2) is 27.6. The number of aliphatic carboxylic acids is 6. The number of nitrogens with one attached hydrogen (secondary N) is 2. The van der Waals surface area contributed by atoms with E-state index >= 15 is 0 Å². The summed E-state index contributed by atoms with van der Waals surface area (Å²) in [7, 11) is 0. The Balaban J connectivity index is -0.000000441. The SMILES string of the molecule is Nc1nccc[nH+]1.Nc1nccc[nH+]1.O=C(O)CCCC(=O)O.O=C(O)CCCC(=O)O.O=C([O-])CCCC(=O)[O-]. The summed E-state index contributed by atoms with van der Waals surface area (Å²) in [4.78, 5) is 71.3. The Morgan fingerprint density at radius 3 is 1.00 bits per heavy atom. The molecule has 18 nitrogen and oxygen atoms in total. The number of carboxylic acid groups (broad SMARTS) is 6. The fraction of sp³-hybridized carbons (Fsp3) is 0.391. The van der Waals surface area contributed by atoms with Gasteiger partial charge in [0, 0.05) is 49.8 Å². The van der Waals surface area contributed by atoms with Crippen molar-refractivity contribution in [1.82, 2.24) is 9.97 Å². The minimum Gasteiger partial charge on any atom is -0.550 e. The average Bonchev–Trinajstić information content (AvgIpc) is 2.85. The first-order valence-electron chi connectivity index (χ1n) is 11.6. The summed E-state index contributed by atoms with van der Waals surface area (Å²) in [6.07, 6.45) is 6.54. The van der Waals surface area contributed by atoms with Crippen LogP contribution in [0.4, 0.5) is 11.9 Å². The molecule has 0 atom stereocenters. The van der Waals surface area contributed by atoms with E-state index in [1.54, 1.807) is 36.9 Å². The Morgan fingerprint density at radius 1 is 0.585 bits per heavy atom. The molecule has 0 unspecified atom stereocenters. The number of nitrogens with two attached hydrogens (primary N) is 2. The number of nitrogens with zero attached hydrogens (tertiary/aromatic N) is 2. The molecule has 0 aliphatic heterocycles. The van der Waals surface area contributed by atoms with Crippen molar-refractivity contribution in [1.29, 1.82) is 0 Å². The summed E-state index contributed by atoms with van der Waals surface area (Å²) >= 11 is 0. The number of carbonyl (C=O) groups excluding carboxylic acids is 2. The third-order valence-electron chi connectivity index (χ3n) is 3.58. The molecule has 228 valence electrons. The third-order valence-corrected chi connectivity index (χ3v) is 3.58. The monoisotopic (exact) mass is 586 g/mol. The van der Waals surface area contributed by atoms with Gasteiger partial charge < -0.3 is 40.2 Å². The molecule has 0 aliphatic carbocycles. The zero-order chi connectivity index (χ0) is 32.1. The highest BCUT2D eigenvalue weighted by atomic mass is 16.4. The van der Waals surface area contributed by atoms with Gasteiger partial charge in [-0.3, -0.25) is 30.6 Å². The molecule has 18 heteroatoms. The molecule has 2 aromatic heterocycles. The molecule has 0 aliphatic rings. The molecule has 0 radical (unpaired) electrons. The maximum Gasteiger partial charge on any atom is 0.386 e. The lowest BCUT2D eigenvalue weighted by molar-refractivity contribution is -0.364. The number of carboxylic acids is 6. The van der Waals surface area contributed by atoms with Crippen LogP contribution >= 0.6 is 0 Å². The Bertz CT molecular complexity index is 875. The average molecular weight is 587 g/mol. The van der Waals surface area contributed by atoms with Gasteiger partial charge in [-0.15, -0.1) is 0 Å². The lowest BCUT2D eigenvalue weighted by Gasteiger charge is -2.01. The summed E-state index contributed by atoms with van der Waals surface area (Å²) < 4.78 is 0. The Morgan fingerprint density at radius 2 is 0.854 bits per heavy atom. The quantitative estimate of drug-likeness (QED) is 0.147. The van der Waals surface area contributed by atoms with E-state index in [0.29, 0.717) is 11.9 Å². The fourth-order valence-electron chi connectivity index (χ4n) is 1.83. The first-order valence-corrected chi connectivity index (χ1v) is 11.6. The van der Waals surface area contributed by atoms with E-state index in [2.05, 4.69) is 19.9 Å². The van der Waals surface area contributed by atoms with E-state index in [1.165, 1.54) is 0 Å². The van der Waals surface area contributed by atoms with Crippen molar-refractivity contribution in [2.45, 2.75) is 57.8 Å². The van der Waals surface area contributed by atoms with Gasteiger partial charge in [-0.05, 0) is 32.1 Å². The Hall–Kier alpha value is -5.42. The van der Waals surface area contributed by atoms with Crippen molar-refractivity contribution in [3.8, 4) is 0 Å². The number of H-pyrrole nitrogens is 2. The highest BCUT2D eigenvalue weighted by molar-refractivity contribution is 5.70. The number of rotatable bonds is 12. The molecule has 0 spiro atoms. The van der Waals surface area contributed by atoms with Crippen LogP contribution in [-0.4, -0.2) is 66.2 Å². The molecule has 0 aromatic carbocycles. The smallest absolute Gasteiger partial charge is 0.386 e. The standard InChI is InChI=1S/3C5H8O4.2C4H5N3/c3*6-4(7)2-1-3-5(8)9;2*5-4-6-2-1-3-7-4/h3*1-3H2,(H,6,7)(H,8,9);2*1-3H,(H2,5,6,7). The Kier molecular flexibility index (Phi) is 27.0. The predicted octanol–water partition coefficient (Wildman–Crippen LogP) is -2.74. The molecular weight excluding hydrogens is 552 g/mol. The van der Waals surface area contributed by atoms with Gasteiger partial charge in [-0.25, -0.2) is 9.97 Å². The van der Waals surface area contributed by atoms with Crippen LogP contribution in [0.1, 0.15) is 57.8 Å². The summed E-state index contributed by atoms with van der Waals surface area (Å²) in [5, 5.41) is 51.4. The predicted molar refractivity (Wildman–Crippen MR) is 133 cm³/mol. The maximum absolute atomic E-state index is 9.79. The molecule has 0 bridgehead atoms. The van der Waals surface area contributed by atoms with Crippen molar-refractivity contribution in [3.63, 3.8) is 0 Å². The molecule has 10 N–H and O–H groups in total. The first kappa shape index (κ1) is 40.1. The molecule has 0 fully saturated rings. The van der Waals surface area contributed by atoms with Gasteiger partial charge in [0.15, 0.2) is 0 Å². The van der Waals surface area contributed by atoms with Crippen LogP contribution in [-0.2, 0) is 28.8 Å². The van der Waals surface area contributed by atoms with Gasteiger partial charge in [0.2, 0.25) is 0 Å². The topological polar surface area (TPSA) is 336 Å². The van der Waals surface area contributed by atoms with Gasteiger partial charge in [-0.2, -0.15) is 0 Å². The Labute approximate surface area is 233 Å². The van der Waals surface area contributed by atoms with Crippen molar-refractivity contribution in [2.75, 3.05) is 11.5 Å². The van der Waals surface area contributed by atoms with Crippen LogP contribution in [0, 0.1) is 0 Å². The van der Waals surface area contributed by atoms with E-state index in [1.807, 2.05) is 0 Å². The highest BCUT2D eigenvalue weighted by Gasteiger charge is 2.00. The van der Waals surface area contributed by atoms with Crippen molar-refractivity contribution < 1.29 is 69.4 Å². The third kappa shape index (κ3) is 44.9. The van der Waals surface area contributed by atoms with Crippen LogP contribution < -0.4 is 31.6 Å². The maximum atomic E-state index is 9.79. The number of anilines is 2. The number of aromatic amines is 2. The highest BCUT2D eigenvalue weighted by Crippen LogP contribution is 1.94. The fourth-order valence-corrected chi connectivity index (χ4v) is 1.83. The van der Waals surface area contributed by atoms with E-state index < -0.39 is 35.8 Å². The summed E-state index contributed by atoms with van der Waals surface area (Å²) in [5.41, 5.74) is 10.4. The van der Waals surface area contributed by atoms with Crippen LogP contribution in [0.5, 0.6) is 0 Å². The molecule has 41 heavy (non-hydrogen) atoms. The minimum atomic E-state index is -1.23. The first-order chi connectivity index (χ1) is 19.2.